The SMILES string of the molecule is Cc1oc(-c2cccs2)nc1CC(=O)Nc1cnccc1CO. The van der Waals surface area contributed by atoms with Crippen LogP contribution in [0.5, 0.6) is 0 Å². The first kappa shape index (κ1) is 15.4. The van der Waals surface area contributed by atoms with Crippen molar-refractivity contribution in [3.8, 4) is 10.8 Å². The van der Waals surface area contributed by atoms with E-state index >= 15 is 0 Å². The Hall–Kier alpha value is -2.51. The number of nitrogens with one attached hydrogen (secondary N) is 1. The molecule has 3 aromatic rings. The quantitative estimate of drug-likeness (QED) is 0.751. The number of hydrogen-bond donors (Lipinski definition) is 2. The summed E-state index contributed by atoms with van der Waals surface area (Å²) in [7, 11) is 0. The minimum Gasteiger partial charge on any atom is -0.440 e. The average molecular weight is 329 g/mol. The lowest BCUT2D eigenvalue weighted by atomic mass is 10.2. The van der Waals surface area contributed by atoms with Crippen LogP contribution in [0, 0.1) is 6.92 Å². The molecule has 0 aromatic carbocycles. The van der Waals surface area contributed by atoms with Crippen LogP contribution in [-0.2, 0) is 17.8 Å². The van der Waals surface area contributed by atoms with E-state index in [0.717, 1.165) is 4.88 Å². The van der Waals surface area contributed by atoms with Gasteiger partial charge < -0.3 is 14.8 Å². The van der Waals surface area contributed by atoms with Gasteiger partial charge in [-0.05, 0) is 24.4 Å². The van der Waals surface area contributed by atoms with Gasteiger partial charge in [0, 0.05) is 11.8 Å². The summed E-state index contributed by atoms with van der Waals surface area (Å²) < 4.78 is 5.62. The highest BCUT2D eigenvalue weighted by Gasteiger charge is 2.16. The highest BCUT2D eigenvalue weighted by Crippen LogP contribution is 2.26. The van der Waals surface area contributed by atoms with Gasteiger partial charge in [-0.3, -0.25) is 9.78 Å². The van der Waals surface area contributed by atoms with E-state index in [9.17, 15) is 9.90 Å². The van der Waals surface area contributed by atoms with E-state index in [1.807, 2.05) is 17.5 Å². The smallest absolute Gasteiger partial charge is 0.236 e. The number of thiophene rings is 1. The number of amides is 1. The third-order valence-electron chi connectivity index (χ3n) is 3.31. The van der Waals surface area contributed by atoms with Crippen LogP contribution in [0.15, 0.2) is 40.4 Å². The number of aliphatic hydroxyl groups is 1. The Labute approximate surface area is 136 Å². The monoisotopic (exact) mass is 329 g/mol. The number of aromatic nitrogens is 2. The van der Waals surface area contributed by atoms with Crippen molar-refractivity contribution in [1.29, 1.82) is 0 Å². The lowest BCUT2D eigenvalue weighted by molar-refractivity contribution is -0.115. The first-order chi connectivity index (χ1) is 11.2. The second kappa shape index (κ2) is 6.72. The Morgan fingerprint density at radius 2 is 2.30 bits per heavy atom. The summed E-state index contributed by atoms with van der Waals surface area (Å²) >= 11 is 1.53. The average Bonchev–Trinajstić information content (AvgIpc) is 3.18. The Balaban J connectivity index is 1.73. The molecule has 23 heavy (non-hydrogen) atoms. The Bertz CT molecular complexity index is 812. The Morgan fingerprint density at radius 1 is 1.43 bits per heavy atom. The third-order valence-corrected chi connectivity index (χ3v) is 4.17. The fourth-order valence-electron chi connectivity index (χ4n) is 2.12. The lowest BCUT2D eigenvalue weighted by Crippen LogP contribution is -2.16. The molecule has 0 fully saturated rings. The summed E-state index contributed by atoms with van der Waals surface area (Å²) in [5, 5.41) is 14.0. The van der Waals surface area contributed by atoms with Gasteiger partial charge in [-0.25, -0.2) is 4.98 Å². The molecule has 3 rings (SSSR count). The summed E-state index contributed by atoms with van der Waals surface area (Å²) in [5.74, 6) is 0.914. The number of anilines is 1. The van der Waals surface area contributed by atoms with Gasteiger partial charge in [0.1, 0.15) is 5.76 Å². The minimum atomic E-state index is -0.234. The largest absolute Gasteiger partial charge is 0.440 e. The number of carbonyl (C=O) groups excluding carboxylic acids is 1. The van der Waals surface area contributed by atoms with E-state index in [-0.39, 0.29) is 18.9 Å². The van der Waals surface area contributed by atoms with Crippen molar-refractivity contribution in [3.05, 3.63) is 53.0 Å². The Morgan fingerprint density at radius 3 is 3.04 bits per heavy atom. The first-order valence-electron chi connectivity index (χ1n) is 7.01. The number of pyridine rings is 1. The summed E-state index contributed by atoms with van der Waals surface area (Å²) in [4.78, 5) is 21.5. The molecule has 0 unspecified atom stereocenters. The molecule has 0 aliphatic carbocycles. The van der Waals surface area contributed by atoms with Crippen LogP contribution in [0.1, 0.15) is 17.0 Å². The molecule has 0 aliphatic heterocycles. The fraction of sp³-hybridized carbons (Fsp3) is 0.188. The highest BCUT2D eigenvalue weighted by molar-refractivity contribution is 7.13. The summed E-state index contributed by atoms with van der Waals surface area (Å²) in [5.41, 5.74) is 1.71. The molecule has 6 nitrogen and oxygen atoms in total. The summed E-state index contributed by atoms with van der Waals surface area (Å²) in [6, 6.07) is 5.50. The molecule has 3 aromatic heterocycles. The van der Waals surface area contributed by atoms with Crippen molar-refractivity contribution >= 4 is 22.9 Å². The van der Waals surface area contributed by atoms with Crippen LogP contribution in [0.3, 0.4) is 0 Å². The van der Waals surface area contributed by atoms with Gasteiger partial charge in [-0.15, -0.1) is 11.3 Å². The summed E-state index contributed by atoms with van der Waals surface area (Å²) in [6.07, 6.45) is 3.17. The van der Waals surface area contributed by atoms with E-state index in [4.69, 9.17) is 4.42 Å². The van der Waals surface area contributed by atoms with E-state index in [1.165, 1.54) is 17.5 Å². The molecular weight excluding hydrogens is 314 g/mol. The van der Waals surface area contributed by atoms with Gasteiger partial charge >= 0.3 is 0 Å². The lowest BCUT2D eigenvalue weighted by Gasteiger charge is -2.07. The standard InChI is InChI=1S/C16H15N3O3S/c1-10-12(19-16(22-10)14-3-2-6-23-14)7-15(21)18-13-8-17-5-4-11(13)9-20/h2-6,8,20H,7,9H2,1H3,(H,18,21). The zero-order chi connectivity index (χ0) is 16.2. The maximum absolute atomic E-state index is 12.2. The third kappa shape index (κ3) is 3.46. The number of carbonyl (C=O) groups is 1. The molecule has 0 saturated heterocycles. The van der Waals surface area contributed by atoms with Crippen LogP contribution < -0.4 is 5.32 Å². The van der Waals surface area contributed by atoms with Gasteiger partial charge in [0.05, 0.1) is 35.5 Å². The zero-order valence-electron chi connectivity index (χ0n) is 12.4. The maximum Gasteiger partial charge on any atom is 0.236 e. The predicted molar refractivity (Wildman–Crippen MR) is 87.0 cm³/mol. The van der Waals surface area contributed by atoms with Crippen molar-refractivity contribution in [3.63, 3.8) is 0 Å². The van der Waals surface area contributed by atoms with Crippen LogP contribution >= 0.6 is 11.3 Å². The molecule has 0 aliphatic rings. The molecule has 0 atom stereocenters. The number of nitrogens with zero attached hydrogens (tertiary/aromatic N) is 2. The van der Waals surface area contributed by atoms with E-state index in [1.54, 1.807) is 19.2 Å². The molecule has 1 amide bonds. The van der Waals surface area contributed by atoms with Crippen molar-refractivity contribution in [2.45, 2.75) is 20.0 Å². The molecular formula is C16H15N3O3S. The predicted octanol–water partition coefficient (Wildman–Crippen LogP) is 2.78. The van der Waals surface area contributed by atoms with Crippen molar-refractivity contribution in [2.24, 2.45) is 0 Å². The molecule has 0 spiro atoms. The van der Waals surface area contributed by atoms with Crippen LogP contribution in [0.4, 0.5) is 5.69 Å². The topological polar surface area (TPSA) is 88.3 Å². The highest BCUT2D eigenvalue weighted by atomic mass is 32.1. The van der Waals surface area contributed by atoms with E-state index in [0.29, 0.717) is 28.6 Å². The van der Waals surface area contributed by atoms with Crippen molar-refractivity contribution < 1.29 is 14.3 Å². The number of rotatable bonds is 5. The number of aliphatic hydroxyl groups excluding tert-OH is 1. The second-order valence-corrected chi connectivity index (χ2v) is 5.86. The van der Waals surface area contributed by atoms with Gasteiger partial charge in [0.25, 0.3) is 0 Å². The molecule has 0 saturated carbocycles. The second-order valence-electron chi connectivity index (χ2n) is 4.92. The van der Waals surface area contributed by atoms with Crippen molar-refractivity contribution in [1.82, 2.24) is 9.97 Å². The van der Waals surface area contributed by atoms with Gasteiger partial charge in [0.2, 0.25) is 11.8 Å². The van der Waals surface area contributed by atoms with E-state index in [2.05, 4.69) is 15.3 Å². The van der Waals surface area contributed by atoms with Gasteiger partial charge in [0.15, 0.2) is 0 Å². The van der Waals surface area contributed by atoms with Crippen LogP contribution in [0.25, 0.3) is 10.8 Å². The number of aryl methyl sites for hydroxylation is 1. The molecule has 3 heterocycles. The van der Waals surface area contributed by atoms with Gasteiger partial charge in [-0.2, -0.15) is 0 Å². The fourth-order valence-corrected chi connectivity index (χ4v) is 2.77. The van der Waals surface area contributed by atoms with E-state index < -0.39 is 0 Å². The number of hydrogen-bond acceptors (Lipinski definition) is 6. The zero-order valence-corrected chi connectivity index (χ0v) is 13.3. The van der Waals surface area contributed by atoms with Crippen molar-refractivity contribution in [2.75, 3.05) is 5.32 Å². The normalized spacial score (nSPS) is 10.7. The first-order valence-corrected chi connectivity index (χ1v) is 7.89. The summed E-state index contributed by atoms with van der Waals surface area (Å²) in [6.45, 7) is 1.62. The minimum absolute atomic E-state index is 0.0977. The number of oxazole rings is 1. The molecule has 118 valence electrons. The Kier molecular flexibility index (Phi) is 4.50. The molecule has 2 N–H and O–H groups in total. The molecule has 7 heteroatoms. The van der Waals surface area contributed by atoms with Crippen LogP contribution in [0.2, 0.25) is 0 Å². The molecule has 0 radical (unpaired) electrons. The van der Waals surface area contributed by atoms with Gasteiger partial charge in [-0.1, -0.05) is 6.07 Å². The maximum atomic E-state index is 12.2. The van der Waals surface area contributed by atoms with Crippen LogP contribution in [-0.4, -0.2) is 21.0 Å². The molecule has 0 bridgehead atoms.